The number of rotatable bonds is 3. The number of carboxylic acids is 1. The minimum Gasteiger partial charge on any atom is -0.480 e. The standard InChI is InChI=1S/C9H9NO3.C4H8.H3P/c11-8(12)6-10-9(13)7-4-2-1-3-5-7;1-2-4-3-1;/h1-5H,6H2,(H,10,13)(H,11,12);1-4H2;1H3. The summed E-state index contributed by atoms with van der Waals surface area (Å²) in [5, 5.41) is 10.6. The molecule has 0 radical (unpaired) electrons. The maximum atomic E-state index is 11.2. The Morgan fingerprint density at radius 1 is 1.06 bits per heavy atom. The highest BCUT2D eigenvalue weighted by molar-refractivity contribution is 6.92. The first-order valence-electron chi connectivity index (χ1n) is 5.75. The first-order valence-corrected chi connectivity index (χ1v) is 5.75. The van der Waals surface area contributed by atoms with E-state index in [1.807, 2.05) is 0 Å². The Balaban J connectivity index is 0.000000491. The zero-order valence-corrected chi connectivity index (χ0v) is 11.8. The zero-order chi connectivity index (χ0) is 12.5. The van der Waals surface area contributed by atoms with Crippen molar-refractivity contribution in [2.45, 2.75) is 25.7 Å². The van der Waals surface area contributed by atoms with E-state index in [1.54, 1.807) is 30.3 Å². The second-order valence-corrected chi connectivity index (χ2v) is 3.86. The Labute approximate surface area is 110 Å². The van der Waals surface area contributed by atoms with Crippen LogP contribution in [0.15, 0.2) is 30.3 Å². The van der Waals surface area contributed by atoms with Crippen LogP contribution < -0.4 is 5.32 Å². The Morgan fingerprint density at radius 3 is 1.94 bits per heavy atom. The molecule has 0 heterocycles. The molecule has 1 atom stereocenters. The third-order valence-electron chi connectivity index (χ3n) is 2.44. The van der Waals surface area contributed by atoms with E-state index in [0.29, 0.717) is 5.56 Å². The number of carbonyl (C=O) groups is 2. The summed E-state index contributed by atoms with van der Waals surface area (Å²) >= 11 is 0. The number of hydrogen-bond acceptors (Lipinski definition) is 2. The molecule has 100 valence electrons. The fourth-order valence-electron chi connectivity index (χ4n) is 1.10. The Bertz CT molecular complexity index is 360. The Hall–Kier alpha value is -1.41. The van der Waals surface area contributed by atoms with Gasteiger partial charge in [0.05, 0.1) is 0 Å². The van der Waals surface area contributed by atoms with Crippen LogP contribution in [-0.2, 0) is 4.79 Å². The Kier molecular flexibility index (Phi) is 8.85. The van der Waals surface area contributed by atoms with Gasteiger partial charge in [-0.05, 0) is 12.1 Å². The number of nitrogens with one attached hydrogen (secondary N) is 1. The predicted molar refractivity (Wildman–Crippen MR) is 76.0 cm³/mol. The van der Waals surface area contributed by atoms with Crippen LogP contribution in [-0.4, -0.2) is 23.5 Å². The van der Waals surface area contributed by atoms with Gasteiger partial charge >= 0.3 is 5.97 Å². The third-order valence-corrected chi connectivity index (χ3v) is 2.44. The SMILES string of the molecule is C1CCC1.O=C(O)CNC(=O)c1ccccc1.P. The summed E-state index contributed by atoms with van der Waals surface area (Å²) in [4.78, 5) is 21.3. The summed E-state index contributed by atoms with van der Waals surface area (Å²) in [6, 6.07) is 8.47. The second-order valence-electron chi connectivity index (χ2n) is 3.86. The van der Waals surface area contributed by atoms with Crippen LogP contribution in [0.3, 0.4) is 0 Å². The molecule has 1 aliphatic carbocycles. The number of hydrogen-bond donors (Lipinski definition) is 2. The van der Waals surface area contributed by atoms with Gasteiger partial charge in [0.15, 0.2) is 0 Å². The lowest BCUT2D eigenvalue weighted by Crippen LogP contribution is -2.29. The van der Waals surface area contributed by atoms with Crippen LogP contribution in [0.2, 0.25) is 0 Å². The van der Waals surface area contributed by atoms with Crippen LogP contribution in [0.1, 0.15) is 36.0 Å². The van der Waals surface area contributed by atoms with Crippen LogP contribution in [0.25, 0.3) is 0 Å². The zero-order valence-electron chi connectivity index (χ0n) is 10.4. The molecular formula is C13H20NO3P. The van der Waals surface area contributed by atoms with Crippen molar-refractivity contribution in [3.8, 4) is 0 Å². The molecule has 2 rings (SSSR count). The quantitative estimate of drug-likeness (QED) is 0.826. The lowest BCUT2D eigenvalue weighted by Gasteiger charge is -2.05. The number of carbonyl (C=O) groups excluding carboxylic acids is 1. The van der Waals surface area contributed by atoms with Crippen molar-refractivity contribution in [1.29, 1.82) is 0 Å². The van der Waals surface area contributed by atoms with Gasteiger partial charge in [0.25, 0.3) is 5.91 Å². The molecule has 1 aliphatic rings. The molecule has 0 bridgehead atoms. The molecule has 1 aromatic rings. The molecule has 1 saturated carbocycles. The largest absolute Gasteiger partial charge is 0.480 e. The lowest BCUT2D eigenvalue weighted by molar-refractivity contribution is -0.135. The molecule has 0 spiro atoms. The number of benzene rings is 1. The van der Waals surface area contributed by atoms with E-state index >= 15 is 0 Å². The topological polar surface area (TPSA) is 66.4 Å². The second kappa shape index (κ2) is 9.60. The van der Waals surface area contributed by atoms with Gasteiger partial charge in [0.1, 0.15) is 6.54 Å². The van der Waals surface area contributed by atoms with E-state index in [9.17, 15) is 9.59 Å². The number of carboxylic acid groups (broad SMARTS) is 1. The van der Waals surface area contributed by atoms with Crippen molar-refractivity contribution in [3.05, 3.63) is 35.9 Å². The number of aliphatic carboxylic acids is 1. The van der Waals surface area contributed by atoms with Crippen molar-refractivity contribution < 1.29 is 14.7 Å². The maximum absolute atomic E-state index is 11.2. The van der Waals surface area contributed by atoms with Crippen LogP contribution in [0.4, 0.5) is 0 Å². The van der Waals surface area contributed by atoms with E-state index in [4.69, 9.17) is 5.11 Å². The molecule has 1 aromatic carbocycles. The maximum Gasteiger partial charge on any atom is 0.322 e. The van der Waals surface area contributed by atoms with Crippen LogP contribution in [0, 0.1) is 0 Å². The molecule has 4 nitrogen and oxygen atoms in total. The molecule has 1 fully saturated rings. The summed E-state index contributed by atoms with van der Waals surface area (Å²) in [5.41, 5.74) is 0.462. The number of amides is 1. The third kappa shape index (κ3) is 7.02. The molecule has 0 aliphatic heterocycles. The highest BCUT2D eigenvalue weighted by Crippen LogP contribution is 2.15. The van der Waals surface area contributed by atoms with Gasteiger partial charge in [0.2, 0.25) is 0 Å². The highest BCUT2D eigenvalue weighted by atomic mass is 31.0. The monoisotopic (exact) mass is 269 g/mol. The first-order chi connectivity index (χ1) is 8.20. The van der Waals surface area contributed by atoms with Gasteiger partial charge in [-0.1, -0.05) is 43.9 Å². The molecule has 2 N–H and O–H groups in total. The van der Waals surface area contributed by atoms with E-state index in [-0.39, 0.29) is 22.4 Å². The summed E-state index contributed by atoms with van der Waals surface area (Å²) in [5.74, 6) is -1.42. The summed E-state index contributed by atoms with van der Waals surface area (Å²) in [6.07, 6.45) is 6.00. The van der Waals surface area contributed by atoms with Crippen LogP contribution >= 0.6 is 9.90 Å². The minimum absolute atomic E-state index is 0. The van der Waals surface area contributed by atoms with Gasteiger partial charge < -0.3 is 10.4 Å². The first kappa shape index (κ1) is 16.6. The molecule has 1 amide bonds. The fourth-order valence-corrected chi connectivity index (χ4v) is 1.10. The van der Waals surface area contributed by atoms with Crippen molar-refractivity contribution in [2.75, 3.05) is 6.54 Å². The average molecular weight is 269 g/mol. The van der Waals surface area contributed by atoms with E-state index in [0.717, 1.165) is 0 Å². The van der Waals surface area contributed by atoms with E-state index in [1.165, 1.54) is 25.7 Å². The van der Waals surface area contributed by atoms with Gasteiger partial charge in [-0.15, -0.1) is 0 Å². The fraction of sp³-hybridized carbons (Fsp3) is 0.385. The summed E-state index contributed by atoms with van der Waals surface area (Å²) in [7, 11) is 0. The predicted octanol–water partition coefficient (Wildman–Crippen LogP) is 2.12. The molecule has 5 heteroatoms. The van der Waals surface area contributed by atoms with Gasteiger partial charge in [-0.25, -0.2) is 0 Å². The normalized spacial score (nSPS) is 12.0. The van der Waals surface area contributed by atoms with Crippen molar-refractivity contribution in [3.63, 3.8) is 0 Å². The molecular weight excluding hydrogens is 249 g/mol. The van der Waals surface area contributed by atoms with Crippen LogP contribution in [0.5, 0.6) is 0 Å². The van der Waals surface area contributed by atoms with Crippen molar-refractivity contribution in [1.82, 2.24) is 5.32 Å². The van der Waals surface area contributed by atoms with Gasteiger partial charge in [0, 0.05) is 5.56 Å². The lowest BCUT2D eigenvalue weighted by atomic mass is 10.0. The summed E-state index contributed by atoms with van der Waals surface area (Å²) in [6.45, 7) is -0.353. The Morgan fingerprint density at radius 2 is 1.56 bits per heavy atom. The summed E-state index contributed by atoms with van der Waals surface area (Å²) < 4.78 is 0. The molecule has 1 unspecified atom stereocenters. The van der Waals surface area contributed by atoms with Gasteiger partial charge in [-0.3, -0.25) is 9.59 Å². The minimum atomic E-state index is -1.05. The molecule has 18 heavy (non-hydrogen) atoms. The van der Waals surface area contributed by atoms with Crippen molar-refractivity contribution in [2.24, 2.45) is 0 Å². The average Bonchev–Trinajstić information content (AvgIpc) is 2.25. The van der Waals surface area contributed by atoms with Gasteiger partial charge in [-0.2, -0.15) is 9.90 Å². The van der Waals surface area contributed by atoms with E-state index in [2.05, 4.69) is 5.32 Å². The van der Waals surface area contributed by atoms with Crippen molar-refractivity contribution >= 4 is 21.8 Å². The van der Waals surface area contributed by atoms with E-state index < -0.39 is 5.97 Å². The molecule has 0 saturated heterocycles. The molecule has 0 aromatic heterocycles. The highest BCUT2D eigenvalue weighted by Gasteiger charge is 2.04. The smallest absolute Gasteiger partial charge is 0.322 e.